The number of carbonyl (C=O) groups excluding carboxylic acids is 2. The van der Waals surface area contributed by atoms with Crippen LogP contribution < -0.4 is 0 Å². The van der Waals surface area contributed by atoms with Gasteiger partial charge in [-0.05, 0) is 88.7 Å². The van der Waals surface area contributed by atoms with Gasteiger partial charge in [0.1, 0.15) is 0 Å². The summed E-state index contributed by atoms with van der Waals surface area (Å²) >= 11 is 0. The lowest BCUT2D eigenvalue weighted by atomic mass is 9.78. The molecule has 1 saturated carbocycles. The maximum absolute atomic E-state index is 11.8. The van der Waals surface area contributed by atoms with Gasteiger partial charge >= 0.3 is 5.97 Å². The third-order valence-electron chi connectivity index (χ3n) is 8.34. The summed E-state index contributed by atoms with van der Waals surface area (Å²) in [6.07, 6.45) is 12.3. The second-order valence-corrected chi connectivity index (χ2v) is 12.5. The first-order valence-electron chi connectivity index (χ1n) is 16.2. The molecule has 1 aromatic carbocycles. The van der Waals surface area contributed by atoms with Gasteiger partial charge < -0.3 is 24.1 Å². The molecule has 3 rings (SSSR count). The average molecular weight is 601 g/mol. The van der Waals surface area contributed by atoms with Crippen molar-refractivity contribution in [1.82, 2.24) is 0 Å². The molecule has 1 atom stereocenters. The summed E-state index contributed by atoms with van der Waals surface area (Å²) in [5, 5.41) is 8.04. The summed E-state index contributed by atoms with van der Waals surface area (Å²) in [5.74, 6) is 1.01. The van der Waals surface area contributed by atoms with Crippen LogP contribution in [0.15, 0.2) is 48.6 Å². The van der Waals surface area contributed by atoms with Crippen LogP contribution in [0.25, 0.3) is 0 Å². The van der Waals surface area contributed by atoms with Crippen molar-refractivity contribution in [2.75, 3.05) is 33.0 Å². The second-order valence-electron chi connectivity index (χ2n) is 12.5. The number of ether oxygens (including phenoxy) is 4. The number of carbonyl (C=O) groups is 2. The SMILES string of the molecule is C=C(C)C(=O)OCC(COC=O)CC1CCC(C2OCC(CCc3ccc(CCCCC)cc3)CO2)CC1.C=C(C)CO. The van der Waals surface area contributed by atoms with Crippen LogP contribution in [0.2, 0.25) is 0 Å². The molecule has 7 heteroatoms. The van der Waals surface area contributed by atoms with Crippen molar-refractivity contribution in [1.29, 1.82) is 0 Å². The smallest absolute Gasteiger partial charge is 0.333 e. The molecular formula is C36H56O7. The van der Waals surface area contributed by atoms with E-state index in [9.17, 15) is 9.59 Å². The number of esters is 1. The largest absolute Gasteiger partial charge is 0.467 e. The average Bonchev–Trinajstić information content (AvgIpc) is 3.02. The molecule has 242 valence electrons. The third kappa shape index (κ3) is 15.2. The zero-order valence-electron chi connectivity index (χ0n) is 26.9. The molecule has 1 aliphatic heterocycles. The summed E-state index contributed by atoms with van der Waals surface area (Å²) in [6, 6.07) is 9.15. The Labute approximate surface area is 260 Å². The summed E-state index contributed by atoms with van der Waals surface area (Å²) in [7, 11) is 0. The molecule has 0 radical (unpaired) electrons. The van der Waals surface area contributed by atoms with Crippen molar-refractivity contribution in [2.24, 2.45) is 23.7 Å². The predicted octanol–water partition coefficient (Wildman–Crippen LogP) is 7.00. The van der Waals surface area contributed by atoms with Gasteiger partial charge in [-0.25, -0.2) is 4.79 Å². The minimum atomic E-state index is -0.398. The van der Waals surface area contributed by atoms with Gasteiger partial charge in [0, 0.05) is 23.3 Å². The van der Waals surface area contributed by atoms with Crippen LogP contribution in [0.1, 0.15) is 89.7 Å². The molecule has 1 aromatic rings. The van der Waals surface area contributed by atoms with Crippen molar-refractivity contribution in [3.05, 3.63) is 59.7 Å². The number of aryl methyl sites for hydroxylation is 2. The minimum absolute atomic E-state index is 0.00486. The highest BCUT2D eigenvalue weighted by atomic mass is 16.7. The van der Waals surface area contributed by atoms with Crippen LogP contribution in [0.3, 0.4) is 0 Å². The van der Waals surface area contributed by atoms with Crippen molar-refractivity contribution in [2.45, 2.75) is 97.7 Å². The summed E-state index contributed by atoms with van der Waals surface area (Å²) in [6.45, 7) is 15.3. The van der Waals surface area contributed by atoms with E-state index < -0.39 is 5.97 Å². The molecule has 0 spiro atoms. The van der Waals surface area contributed by atoms with Crippen LogP contribution in [-0.4, -0.2) is 56.9 Å². The van der Waals surface area contributed by atoms with Crippen LogP contribution in [0, 0.1) is 23.7 Å². The Hall–Kier alpha value is -2.48. The maximum atomic E-state index is 11.8. The molecule has 0 amide bonds. The Bertz CT molecular complexity index is 941. The highest BCUT2D eigenvalue weighted by Gasteiger charge is 2.33. The van der Waals surface area contributed by atoms with Gasteiger partial charge in [0.15, 0.2) is 6.29 Å². The Morgan fingerprint density at radius 2 is 1.58 bits per heavy atom. The highest BCUT2D eigenvalue weighted by molar-refractivity contribution is 5.86. The zero-order chi connectivity index (χ0) is 31.5. The fourth-order valence-corrected chi connectivity index (χ4v) is 5.66. The molecule has 2 fully saturated rings. The first-order valence-corrected chi connectivity index (χ1v) is 16.2. The van der Waals surface area contributed by atoms with Gasteiger partial charge in [0.25, 0.3) is 6.47 Å². The Morgan fingerprint density at radius 1 is 0.977 bits per heavy atom. The molecule has 1 heterocycles. The Kier molecular flexibility index (Phi) is 18.1. The molecule has 1 unspecified atom stereocenters. The summed E-state index contributed by atoms with van der Waals surface area (Å²) < 4.78 is 22.7. The normalized spacial score (nSPS) is 22.4. The number of aliphatic hydroxyl groups is 1. The quantitative estimate of drug-likeness (QED) is 0.0677. The zero-order valence-corrected chi connectivity index (χ0v) is 26.9. The van der Waals surface area contributed by atoms with Crippen LogP contribution >= 0.6 is 0 Å². The van der Waals surface area contributed by atoms with E-state index in [-0.39, 0.29) is 32.0 Å². The molecule has 1 aliphatic carbocycles. The molecule has 43 heavy (non-hydrogen) atoms. The van der Waals surface area contributed by atoms with E-state index in [1.807, 2.05) is 0 Å². The molecule has 1 saturated heterocycles. The lowest BCUT2D eigenvalue weighted by molar-refractivity contribution is -0.230. The highest BCUT2D eigenvalue weighted by Crippen LogP contribution is 2.37. The van der Waals surface area contributed by atoms with E-state index in [0.717, 1.165) is 63.7 Å². The summed E-state index contributed by atoms with van der Waals surface area (Å²) in [4.78, 5) is 22.4. The van der Waals surface area contributed by atoms with E-state index in [2.05, 4.69) is 44.3 Å². The van der Waals surface area contributed by atoms with Crippen molar-refractivity contribution in [3.8, 4) is 0 Å². The number of unbranched alkanes of at least 4 members (excludes halogenated alkanes) is 2. The first kappa shape index (κ1) is 36.7. The minimum Gasteiger partial charge on any atom is -0.467 e. The topological polar surface area (TPSA) is 91.3 Å². The molecular weight excluding hydrogens is 544 g/mol. The van der Waals surface area contributed by atoms with Gasteiger partial charge in [-0.1, -0.05) is 62.8 Å². The molecule has 0 bridgehead atoms. The lowest BCUT2D eigenvalue weighted by Crippen LogP contribution is -2.38. The summed E-state index contributed by atoms with van der Waals surface area (Å²) in [5.41, 5.74) is 4.03. The van der Waals surface area contributed by atoms with E-state index in [1.165, 1.54) is 36.8 Å². The van der Waals surface area contributed by atoms with Crippen molar-refractivity contribution in [3.63, 3.8) is 0 Å². The van der Waals surface area contributed by atoms with Crippen LogP contribution in [-0.2, 0) is 41.4 Å². The number of rotatable bonds is 17. The molecule has 1 N–H and O–H groups in total. The third-order valence-corrected chi connectivity index (χ3v) is 8.34. The molecule has 7 nitrogen and oxygen atoms in total. The number of hydrogen-bond donors (Lipinski definition) is 1. The monoisotopic (exact) mass is 600 g/mol. The number of aliphatic hydroxyl groups excluding tert-OH is 1. The fraction of sp³-hybridized carbons (Fsp3) is 0.667. The van der Waals surface area contributed by atoms with Gasteiger partial charge in [-0.2, -0.15) is 0 Å². The molecule has 0 aromatic heterocycles. The van der Waals surface area contributed by atoms with Gasteiger partial charge in [0.2, 0.25) is 0 Å². The predicted molar refractivity (Wildman–Crippen MR) is 170 cm³/mol. The van der Waals surface area contributed by atoms with Crippen molar-refractivity contribution < 1.29 is 33.6 Å². The van der Waals surface area contributed by atoms with E-state index in [0.29, 0.717) is 29.8 Å². The van der Waals surface area contributed by atoms with E-state index in [4.69, 9.17) is 24.1 Å². The Morgan fingerprint density at radius 3 is 2.12 bits per heavy atom. The van der Waals surface area contributed by atoms with E-state index in [1.54, 1.807) is 13.8 Å². The Balaban J connectivity index is 0.00000119. The van der Waals surface area contributed by atoms with Gasteiger partial charge in [0.05, 0.1) is 33.0 Å². The van der Waals surface area contributed by atoms with Crippen LogP contribution in [0.4, 0.5) is 0 Å². The second kappa shape index (κ2) is 21.3. The fourth-order valence-electron chi connectivity index (χ4n) is 5.66. The van der Waals surface area contributed by atoms with Gasteiger partial charge in [-0.15, -0.1) is 0 Å². The lowest BCUT2D eigenvalue weighted by Gasteiger charge is -2.38. The molecule has 2 aliphatic rings. The maximum Gasteiger partial charge on any atom is 0.333 e. The van der Waals surface area contributed by atoms with Gasteiger partial charge in [-0.3, -0.25) is 4.79 Å². The standard InChI is InChI=1S/C32H48O6.C4H8O/c1-4-5-6-7-25-8-10-26(11-9-25)12-13-28-20-37-32(38-21-28)30-16-14-27(15-17-30)18-29(19-35-23-33)22-36-31(34)24(2)3;1-4(2)3-5/h8-11,23,27-30,32H,2,4-7,12-22H2,1,3H3;5H,1,3H2,2H3. The number of hydrogen-bond acceptors (Lipinski definition) is 7. The van der Waals surface area contributed by atoms with E-state index >= 15 is 0 Å². The van der Waals surface area contributed by atoms with Crippen LogP contribution in [0.5, 0.6) is 0 Å². The van der Waals surface area contributed by atoms with Crippen molar-refractivity contribution >= 4 is 12.4 Å². The number of benzene rings is 1. The first-order chi connectivity index (χ1) is 20.7.